The van der Waals surface area contributed by atoms with Crippen LogP contribution in [-0.4, -0.2) is 42.1 Å². The first-order valence-electron chi connectivity index (χ1n) is 9.47. The van der Waals surface area contributed by atoms with Crippen LogP contribution in [0.2, 0.25) is 0 Å². The summed E-state index contributed by atoms with van der Waals surface area (Å²) in [5.41, 5.74) is 1.42. The minimum atomic E-state index is -0.360. The van der Waals surface area contributed by atoms with E-state index >= 15 is 0 Å². The fraction of sp³-hybridized carbons (Fsp3) is 0.350. The number of benzene rings is 1. The van der Waals surface area contributed by atoms with Crippen molar-refractivity contribution in [3.05, 3.63) is 40.8 Å². The standard InChI is InChI=1S/C20H22FN5O2S/c1-11-16-18(24-10-25-20(16)29-17(11)19(27)22-2)26-14-4-3-12(21)9-15(14)28-13-5-7-23-8-6-13/h3-4,9-10,13,23H,5-8H2,1-2H3,(H,22,27)(H,24,25,26). The van der Waals surface area contributed by atoms with Gasteiger partial charge < -0.3 is 20.7 Å². The fourth-order valence-electron chi connectivity index (χ4n) is 3.41. The Morgan fingerprint density at radius 3 is 2.86 bits per heavy atom. The Bertz CT molecular complexity index is 1050. The van der Waals surface area contributed by atoms with Gasteiger partial charge in [-0.25, -0.2) is 14.4 Å². The highest BCUT2D eigenvalue weighted by molar-refractivity contribution is 7.20. The first kappa shape index (κ1) is 19.5. The summed E-state index contributed by atoms with van der Waals surface area (Å²) >= 11 is 1.32. The van der Waals surface area contributed by atoms with E-state index in [0.717, 1.165) is 36.9 Å². The molecule has 1 aliphatic heterocycles. The second-order valence-corrected chi connectivity index (χ2v) is 7.87. The van der Waals surface area contributed by atoms with Gasteiger partial charge in [0.25, 0.3) is 5.91 Å². The second-order valence-electron chi connectivity index (χ2n) is 6.87. The average molecular weight is 415 g/mol. The first-order valence-corrected chi connectivity index (χ1v) is 10.3. The van der Waals surface area contributed by atoms with Crippen LogP contribution in [0.15, 0.2) is 24.5 Å². The van der Waals surface area contributed by atoms with Gasteiger partial charge in [-0.2, -0.15) is 0 Å². The van der Waals surface area contributed by atoms with Gasteiger partial charge in [0.1, 0.15) is 34.6 Å². The molecule has 3 N–H and O–H groups in total. The third-order valence-corrected chi connectivity index (χ3v) is 6.14. The van der Waals surface area contributed by atoms with Crippen molar-refractivity contribution >= 4 is 39.0 Å². The molecule has 1 amide bonds. The summed E-state index contributed by atoms with van der Waals surface area (Å²) in [5, 5.41) is 9.97. The number of carbonyl (C=O) groups is 1. The number of amides is 1. The third kappa shape index (κ3) is 4.01. The molecule has 9 heteroatoms. The van der Waals surface area contributed by atoms with Crippen molar-refractivity contribution in [2.24, 2.45) is 0 Å². The number of halogens is 1. The van der Waals surface area contributed by atoms with Crippen LogP contribution >= 0.6 is 11.3 Å². The Hall–Kier alpha value is -2.78. The van der Waals surface area contributed by atoms with Gasteiger partial charge in [-0.3, -0.25) is 4.79 Å². The maximum Gasteiger partial charge on any atom is 0.261 e. The number of carbonyl (C=O) groups excluding carboxylic acids is 1. The molecule has 0 atom stereocenters. The Morgan fingerprint density at radius 2 is 2.10 bits per heavy atom. The smallest absolute Gasteiger partial charge is 0.261 e. The van der Waals surface area contributed by atoms with Gasteiger partial charge in [0, 0.05) is 13.1 Å². The highest BCUT2D eigenvalue weighted by atomic mass is 32.1. The average Bonchev–Trinajstić information content (AvgIpc) is 3.08. The predicted molar refractivity (Wildman–Crippen MR) is 112 cm³/mol. The summed E-state index contributed by atoms with van der Waals surface area (Å²) in [6.07, 6.45) is 3.22. The molecule has 0 radical (unpaired) electrons. The zero-order chi connectivity index (χ0) is 20.4. The molecule has 0 aliphatic carbocycles. The number of anilines is 2. The normalized spacial score (nSPS) is 14.7. The summed E-state index contributed by atoms with van der Waals surface area (Å²) in [7, 11) is 1.60. The second kappa shape index (κ2) is 8.30. The van der Waals surface area contributed by atoms with Crippen molar-refractivity contribution in [1.82, 2.24) is 20.6 Å². The summed E-state index contributed by atoms with van der Waals surface area (Å²) in [5.74, 6) is 0.484. The van der Waals surface area contributed by atoms with Crippen LogP contribution in [-0.2, 0) is 0 Å². The molecule has 1 aromatic carbocycles. The van der Waals surface area contributed by atoms with Crippen molar-refractivity contribution in [2.45, 2.75) is 25.9 Å². The van der Waals surface area contributed by atoms with Gasteiger partial charge >= 0.3 is 0 Å². The number of thiophene rings is 1. The number of aromatic nitrogens is 2. The summed E-state index contributed by atoms with van der Waals surface area (Å²) < 4.78 is 20.0. The highest BCUT2D eigenvalue weighted by Gasteiger charge is 2.21. The lowest BCUT2D eigenvalue weighted by molar-refractivity contribution is 0.0966. The zero-order valence-electron chi connectivity index (χ0n) is 16.2. The van der Waals surface area contributed by atoms with Gasteiger partial charge in [0.2, 0.25) is 0 Å². The summed E-state index contributed by atoms with van der Waals surface area (Å²) in [6, 6.07) is 4.41. The SMILES string of the molecule is CNC(=O)c1sc2ncnc(Nc3ccc(F)cc3OC3CCNCC3)c2c1C. The van der Waals surface area contributed by atoms with Crippen molar-refractivity contribution < 1.29 is 13.9 Å². The van der Waals surface area contributed by atoms with Gasteiger partial charge in [0.05, 0.1) is 16.0 Å². The number of rotatable bonds is 5. The number of nitrogens with one attached hydrogen (secondary N) is 3. The lowest BCUT2D eigenvalue weighted by Crippen LogP contribution is -2.34. The molecule has 2 aromatic heterocycles. The van der Waals surface area contributed by atoms with E-state index in [-0.39, 0.29) is 17.8 Å². The predicted octanol–water partition coefficient (Wildman–Crippen LogP) is 3.37. The van der Waals surface area contributed by atoms with Crippen molar-refractivity contribution in [1.29, 1.82) is 0 Å². The van der Waals surface area contributed by atoms with E-state index in [1.54, 1.807) is 13.1 Å². The number of nitrogens with zero attached hydrogens (tertiary/aromatic N) is 2. The van der Waals surface area contributed by atoms with Gasteiger partial charge in [-0.05, 0) is 50.6 Å². The van der Waals surface area contributed by atoms with E-state index in [2.05, 4.69) is 25.9 Å². The lowest BCUT2D eigenvalue weighted by atomic mass is 10.1. The molecule has 0 spiro atoms. The molecule has 3 heterocycles. The van der Waals surface area contributed by atoms with Crippen LogP contribution < -0.4 is 20.7 Å². The number of hydrogen-bond acceptors (Lipinski definition) is 7. The third-order valence-electron chi connectivity index (χ3n) is 4.94. The monoisotopic (exact) mass is 415 g/mol. The van der Waals surface area contributed by atoms with E-state index in [1.807, 2.05) is 6.92 Å². The van der Waals surface area contributed by atoms with Gasteiger partial charge in [0.15, 0.2) is 0 Å². The van der Waals surface area contributed by atoms with Crippen LogP contribution in [0.3, 0.4) is 0 Å². The Labute approximate surface area is 171 Å². The maximum absolute atomic E-state index is 13.9. The zero-order valence-corrected chi connectivity index (χ0v) is 17.0. The molecular formula is C20H22FN5O2S. The largest absolute Gasteiger partial charge is 0.488 e. The van der Waals surface area contributed by atoms with E-state index in [4.69, 9.17) is 4.74 Å². The van der Waals surface area contributed by atoms with Gasteiger partial charge in [-0.15, -0.1) is 11.3 Å². The molecule has 1 fully saturated rings. The van der Waals surface area contributed by atoms with E-state index in [9.17, 15) is 9.18 Å². The molecule has 4 rings (SSSR count). The molecule has 1 aliphatic rings. The van der Waals surface area contributed by atoms with Crippen LogP contribution in [0.5, 0.6) is 5.75 Å². The van der Waals surface area contributed by atoms with E-state index in [1.165, 1.54) is 29.8 Å². The molecule has 0 unspecified atom stereocenters. The fourth-order valence-corrected chi connectivity index (χ4v) is 4.51. The topological polar surface area (TPSA) is 88.2 Å². The van der Waals surface area contributed by atoms with Crippen molar-refractivity contribution in [3.63, 3.8) is 0 Å². The number of hydrogen-bond donors (Lipinski definition) is 3. The molecule has 0 bridgehead atoms. The summed E-state index contributed by atoms with van der Waals surface area (Å²) in [4.78, 5) is 22.1. The number of piperidine rings is 1. The molecule has 0 saturated carbocycles. The maximum atomic E-state index is 13.9. The van der Waals surface area contributed by atoms with Crippen molar-refractivity contribution in [3.8, 4) is 5.75 Å². The number of aryl methyl sites for hydroxylation is 1. The Morgan fingerprint density at radius 1 is 1.31 bits per heavy atom. The Balaban J connectivity index is 1.70. The minimum Gasteiger partial charge on any atom is -0.488 e. The molecule has 29 heavy (non-hydrogen) atoms. The molecule has 7 nitrogen and oxygen atoms in total. The van der Waals surface area contributed by atoms with E-state index in [0.29, 0.717) is 27.0 Å². The van der Waals surface area contributed by atoms with E-state index < -0.39 is 0 Å². The number of fused-ring (bicyclic) bond motifs is 1. The quantitative estimate of drug-likeness (QED) is 0.592. The molecular weight excluding hydrogens is 393 g/mol. The molecule has 152 valence electrons. The highest BCUT2D eigenvalue weighted by Crippen LogP contribution is 2.36. The van der Waals surface area contributed by atoms with Crippen LogP contribution in [0, 0.1) is 12.7 Å². The Kier molecular flexibility index (Phi) is 5.59. The lowest BCUT2D eigenvalue weighted by Gasteiger charge is -2.25. The van der Waals surface area contributed by atoms with Crippen molar-refractivity contribution in [2.75, 3.05) is 25.5 Å². The van der Waals surface area contributed by atoms with Gasteiger partial charge in [-0.1, -0.05) is 0 Å². The number of ether oxygens (including phenoxy) is 1. The molecule has 1 saturated heterocycles. The molecule has 3 aromatic rings. The minimum absolute atomic E-state index is 0.0340. The van der Waals surface area contributed by atoms with Crippen LogP contribution in [0.4, 0.5) is 15.9 Å². The van der Waals surface area contributed by atoms with Crippen LogP contribution in [0.1, 0.15) is 28.1 Å². The van der Waals surface area contributed by atoms with Crippen LogP contribution in [0.25, 0.3) is 10.2 Å². The summed E-state index contributed by atoms with van der Waals surface area (Å²) in [6.45, 7) is 3.63. The first-order chi connectivity index (χ1) is 14.1.